The largest absolute Gasteiger partial charge is 0.423 e. The van der Waals surface area contributed by atoms with Crippen molar-refractivity contribution in [2.75, 3.05) is 26.9 Å². The molecule has 1 aromatic carbocycles. The quantitative estimate of drug-likeness (QED) is 0.828. The molecule has 2 heterocycles. The van der Waals surface area contributed by atoms with Gasteiger partial charge in [-0.1, -0.05) is 44.2 Å². The molecule has 2 atom stereocenters. The zero-order valence-electron chi connectivity index (χ0n) is 14.7. The highest BCUT2D eigenvalue weighted by molar-refractivity contribution is 5.82. The van der Waals surface area contributed by atoms with Gasteiger partial charge in [-0.3, -0.25) is 4.79 Å². The molecule has 1 saturated heterocycles. The van der Waals surface area contributed by atoms with Crippen LogP contribution in [0.4, 0.5) is 0 Å². The molecule has 0 saturated carbocycles. The lowest BCUT2D eigenvalue weighted by Gasteiger charge is -2.35. The Balaban J connectivity index is 1.85. The molecule has 1 amide bonds. The molecule has 0 N–H and O–H groups in total. The van der Waals surface area contributed by atoms with Crippen molar-refractivity contribution in [1.82, 2.24) is 15.1 Å². The van der Waals surface area contributed by atoms with Crippen molar-refractivity contribution >= 4 is 5.91 Å². The molecular formula is C18H23N3O4. The number of hydrogen-bond acceptors (Lipinski definition) is 6. The van der Waals surface area contributed by atoms with Gasteiger partial charge >= 0.3 is 0 Å². The number of rotatable bonds is 5. The van der Waals surface area contributed by atoms with Crippen molar-refractivity contribution < 1.29 is 18.7 Å². The Kier molecular flexibility index (Phi) is 5.45. The molecular weight excluding hydrogens is 322 g/mol. The van der Waals surface area contributed by atoms with Crippen molar-refractivity contribution in [3.05, 3.63) is 47.7 Å². The fourth-order valence-electron chi connectivity index (χ4n) is 2.84. The van der Waals surface area contributed by atoms with Crippen molar-refractivity contribution in [3.8, 4) is 0 Å². The number of nitrogens with zero attached hydrogens (tertiary/aromatic N) is 3. The van der Waals surface area contributed by atoms with Gasteiger partial charge in [-0.2, -0.15) is 0 Å². The second-order valence-corrected chi connectivity index (χ2v) is 6.28. The molecule has 3 rings (SSSR count). The molecule has 7 nitrogen and oxygen atoms in total. The Labute approximate surface area is 146 Å². The van der Waals surface area contributed by atoms with Crippen LogP contribution in [0.2, 0.25) is 0 Å². The summed E-state index contributed by atoms with van der Waals surface area (Å²) < 4.78 is 16.8. The highest BCUT2D eigenvalue weighted by Gasteiger charge is 2.36. The maximum Gasteiger partial charge on any atom is 0.257 e. The summed E-state index contributed by atoms with van der Waals surface area (Å²) in [4.78, 5) is 14.8. The Morgan fingerprint density at radius 2 is 2.04 bits per heavy atom. The number of hydrogen-bond donors (Lipinski definition) is 0. The van der Waals surface area contributed by atoms with Crippen LogP contribution in [0.3, 0.4) is 0 Å². The first kappa shape index (κ1) is 17.6. The fourth-order valence-corrected chi connectivity index (χ4v) is 2.84. The smallest absolute Gasteiger partial charge is 0.257 e. The van der Waals surface area contributed by atoms with Crippen LogP contribution in [-0.4, -0.2) is 47.9 Å². The van der Waals surface area contributed by atoms with Gasteiger partial charge in [-0.05, 0) is 5.56 Å². The van der Waals surface area contributed by atoms with E-state index in [2.05, 4.69) is 10.2 Å². The summed E-state index contributed by atoms with van der Waals surface area (Å²) >= 11 is 0. The van der Waals surface area contributed by atoms with Crippen molar-refractivity contribution in [1.29, 1.82) is 0 Å². The van der Waals surface area contributed by atoms with Gasteiger partial charge in [-0.25, -0.2) is 0 Å². The van der Waals surface area contributed by atoms with E-state index in [1.807, 2.05) is 44.2 Å². The molecule has 1 aromatic heterocycles. The predicted molar refractivity (Wildman–Crippen MR) is 89.9 cm³/mol. The zero-order chi connectivity index (χ0) is 17.8. The summed E-state index contributed by atoms with van der Waals surface area (Å²) in [5, 5.41) is 8.19. The highest BCUT2D eigenvalue weighted by Crippen LogP contribution is 2.29. The monoisotopic (exact) mass is 345 g/mol. The summed E-state index contributed by atoms with van der Waals surface area (Å²) in [6, 6.07) is 9.04. The zero-order valence-corrected chi connectivity index (χ0v) is 14.7. The maximum absolute atomic E-state index is 13.1. The van der Waals surface area contributed by atoms with E-state index in [4.69, 9.17) is 13.9 Å². The molecule has 0 aliphatic carbocycles. The number of methoxy groups -OCH3 is 1. The number of carbonyl (C=O) groups excluding carboxylic acids is 1. The van der Waals surface area contributed by atoms with E-state index in [9.17, 15) is 4.79 Å². The number of benzene rings is 1. The second-order valence-electron chi connectivity index (χ2n) is 6.28. The Hall–Kier alpha value is -2.25. The van der Waals surface area contributed by atoms with E-state index >= 15 is 0 Å². The summed E-state index contributed by atoms with van der Waals surface area (Å²) in [6.07, 6.45) is -0.672. The fraction of sp³-hybridized carbons (Fsp3) is 0.500. The van der Waals surface area contributed by atoms with Crippen molar-refractivity contribution in [2.24, 2.45) is 0 Å². The first-order valence-electron chi connectivity index (χ1n) is 8.41. The van der Waals surface area contributed by atoms with E-state index in [0.717, 1.165) is 5.56 Å². The molecule has 1 fully saturated rings. The lowest BCUT2D eigenvalue weighted by atomic mass is 10.1. The van der Waals surface area contributed by atoms with Gasteiger partial charge in [-0.15, -0.1) is 10.2 Å². The van der Waals surface area contributed by atoms with E-state index in [0.29, 0.717) is 31.5 Å². The Morgan fingerprint density at radius 1 is 1.28 bits per heavy atom. The number of ether oxygens (including phenoxy) is 2. The van der Waals surface area contributed by atoms with Gasteiger partial charge in [0.1, 0.15) is 6.04 Å². The molecule has 1 aliphatic rings. The molecule has 134 valence electrons. The van der Waals surface area contributed by atoms with Crippen molar-refractivity contribution in [2.45, 2.75) is 31.9 Å². The topological polar surface area (TPSA) is 77.7 Å². The van der Waals surface area contributed by atoms with Crippen LogP contribution in [0.15, 0.2) is 34.7 Å². The third-order valence-electron chi connectivity index (χ3n) is 4.21. The van der Waals surface area contributed by atoms with Crippen LogP contribution < -0.4 is 0 Å². The lowest BCUT2D eigenvalue weighted by molar-refractivity contribution is -0.152. The molecule has 0 radical (unpaired) electrons. The average Bonchev–Trinajstić information content (AvgIpc) is 3.13. The predicted octanol–water partition coefficient (Wildman–Crippen LogP) is 2.48. The van der Waals surface area contributed by atoms with Crippen LogP contribution in [0, 0.1) is 0 Å². The van der Waals surface area contributed by atoms with Gasteiger partial charge in [0, 0.05) is 19.6 Å². The van der Waals surface area contributed by atoms with E-state index in [-0.39, 0.29) is 11.8 Å². The standard InChI is InChI=1S/C18H23N3O4/c1-12(2)16-19-20-17(25-16)14-11-24-10-9-21(14)18(22)15(23-3)13-7-5-4-6-8-13/h4-8,12,14-15H,9-11H2,1-3H3/t14-,15-/m1/s1. The van der Waals surface area contributed by atoms with Crippen molar-refractivity contribution in [3.63, 3.8) is 0 Å². The Morgan fingerprint density at radius 3 is 2.68 bits per heavy atom. The van der Waals surface area contributed by atoms with Crippen LogP contribution in [0.5, 0.6) is 0 Å². The number of carbonyl (C=O) groups is 1. The summed E-state index contributed by atoms with van der Waals surface area (Å²) in [6.45, 7) is 5.22. The highest BCUT2D eigenvalue weighted by atomic mass is 16.5. The van der Waals surface area contributed by atoms with Crippen LogP contribution in [-0.2, 0) is 14.3 Å². The van der Waals surface area contributed by atoms with Crippen LogP contribution in [0.1, 0.15) is 49.3 Å². The molecule has 0 unspecified atom stereocenters. The van der Waals surface area contributed by atoms with Gasteiger partial charge in [0.2, 0.25) is 11.8 Å². The number of morpholine rings is 1. The Bertz CT molecular complexity index is 701. The summed E-state index contributed by atoms with van der Waals surface area (Å²) in [7, 11) is 1.54. The van der Waals surface area contributed by atoms with Crippen LogP contribution in [0.25, 0.3) is 0 Å². The first-order valence-corrected chi connectivity index (χ1v) is 8.41. The first-order chi connectivity index (χ1) is 12.1. The molecule has 7 heteroatoms. The summed E-state index contributed by atoms with van der Waals surface area (Å²) in [5.74, 6) is 0.955. The molecule has 1 aliphatic heterocycles. The minimum atomic E-state index is -0.672. The second kappa shape index (κ2) is 7.76. The van der Waals surface area contributed by atoms with Gasteiger partial charge in [0.15, 0.2) is 6.10 Å². The maximum atomic E-state index is 13.1. The SMILES string of the molecule is CO[C@@H](C(=O)N1CCOC[C@@H]1c1nnc(C(C)C)o1)c1ccccc1. The lowest BCUT2D eigenvalue weighted by Crippen LogP contribution is -2.46. The van der Waals surface area contributed by atoms with Gasteiger partial charge in [0.25, 0.3) is 5.91 Å². The number of amides is 1. The minimum absolute atomic E-state index is 0.131. The minimum Gasteiger partial charge on any atom is -0.423 e. The molecule has 25 heavy (non-hydrogen) atoms. The average molecular weight is 345 g/mol. The number of aromatic nitrogens is 2. The molecule has 0 bridgehead atoms. The van der Waals surface area contributed by atoms with Gasteiger partial charge < -0.3 is 18.8 Å². The molecule has 2 aromatic rings. The van der Waals surface area contributed by atoms with E-state index in [1.165, 1.54) is 7.11 Å². The normalized spacial score (nSPS) is 19.2. The third kappa shape index (κ3) is 3.72. The molecule has 0 spiro atoms. The summed E-state index contributed by atoms with van der Waals surface area (Å²) in [5.41, 5.74) is 0.814. The van der Waals surface area contributed by atoms with Gasteiger partial charge in [0.05, 0.1) is 13.2 Å². The third-order valence-corrected chi connectivity index (χ3v) is 4.21. The van der Waals surface area contributed by atoms with E-state index < -0.39 is 12.1 Å². The van der Waals surface area contributed by atoms with E-state index in [1.54, 1.807) is 4.90 Å². The van der Waals surface area contributed by atoms with Crippen LogP contribution >= 0.6 is 0 Å².